The Kier molecular flexibility index (Phi) is 7.90. The van der Waals surface area contributed by atoms with Crippen LogP contribution >= 0.6 is 0 Å². The zero-order valence-corrected chi connectivity index (χ0v) is 16.7. The molecule has 0 saturated carbocycles. The van der Waals surface area contributed by atoms with Crippen molar-refractivity contribution >= 4 is 15.9 Å². The highest BCUT2D eigenvalue weighted by molar-refractivity contribution is 7.92. The van der Waals surface area contributed by atoms with Crippen molar-refractivity contribution < 1.29 is 13.2 Å². The van der Waals surface area contributed by atoms with E-state index >= 15 is 0 Å². The first-order valence-electron chi connectivity index (χ1n) is 9.53. The lowest BCUT2D eigenvalue weighted by atomic mass is 10.2. The number of nitrogens with zero attached hydrogens (tertiary/aromatic N) is 2. The zero-order chi connectivity index (χ0) is 19.0. The van der Waals surface area contributed by atoms with E-state index in [0.29, 0.717) is 43.8 Å². The Bertz CT molecular complexity index is 660. The quantitative estimate of drug-likeness (QED) is 0.787. The first-order valence-corrected chi connectivity index (χ1v) is 11.1. The number of likely N-dealkylation sites (N-methyl/N-ethyl adjacent to an activating group) is 1. The third kappa shape index (κ3) is 5.45. The van der Waals surface area contributed by atoms with Crippen molar-refractivity contribution in [3.05, 3.63) is 30.3 Å². The number of amides is 2. The molecule has 1 aromatic carbocycles. The molecular formula is C19H31N3O3S. The average Bonchev–Trinajstić information content (AvgIpc) is 2.92. The van der Waals surface area contributed by atoms with E-state index in [0.717, 1.165) is 19.6 Å². The topological polar surface area (TPSA) is 69.7 Å². The standard InChI is InChI=1S/C19H31N3O3S/c1-3-21(4-2)16-13-20-19(23)22-14-8-11-18(12-15-22)26(24,25)17-9-6-5-7-10-17/h5-7,9-10,18H,3-4,8,11-16H2,1-2H3,(H,20,23). The van der Waals surface area contributed by atoms with Gasteiger partial charge in [-0.1, -0.05) is 32.0 Å². The molecule has 146 valence electrons. The fourth-order valence-corrected chi connectivity index (χ4v) is 5.17. The number of benzene rings is 1. The Labute approximate surface area is 157 Å². The predicted octanol–water partition coefficient (Wildman–Crippen LogP) is 2.37. The second kappa shape index (κ2) is 9.92. The second-order valence-electron chi connectivity index (χ2n) is 6.66. The molecule has 1 saturated heterocycles. The van der Waals surface area contributed by atoms with Gasteiger partial charge in [0.2, 0.25) is 0 Å². The Hall–Kier alpha value is -1.60. The van der Waals surface area contributed by atoms with Crippen molar-refractivity contribution in [2.24, 2.45) is 0 Å². The fourth-order valence-electron chi connectivity index (χ4n) is 3.35. The monoisotopic (exact) mass is 381 g/mol. The molecule has 0 aromatic heterocycles. The maximum Gasteiger partial charge on any atom is 0.317 e. The maximum absolute atomic E-state index is 12.8. The third-order valence-electron chi connectivity index (χ3n) is 5.07. The Morgan fingerprint density at radius 1 is 1.15 bits per heavy atom. The van der Waals surface area contributed by atoms with Crippen LogP contribution in [0.3, 0.4) is 0 Å². The van der Waals surface area contributed by atoms with Gasteiger partial charge >= 0.3 is 6.03 Å². The lowest BCUT2D eigenvalue weighted by Crippen LogP contribution is -2.43. The average molecular weight is 382 g/mol. The summed E-state index contributed by atoms with van der Waals surface area (Å²) in [6.07, 6.45) is 1.79. The molecule has 7 heteroatoms. The van der Waals surface area contributed by atoms with Crippen LogP contribution in [0.25, 0.3) is 0 Å². The van der Waals surface area contributed by atoms with Gasteiger partial charge < -0.3 is 15.1 Å². The molecule has 0 aliphatic carbocycles. The third-order valence-corrected chi connectivity index (χ3v) is 7.35. The van der Waals surface area contributed by atoms with Gasteiger partial charge in [-0.15, -0.1) is 0 Å². The summed E-state index contributed by atoms with van der Waals surface area (Å²) in [5, 5.41) is 2.54. The molecule has 1 atom stereocenters. The largest absolute Gasteiger partial charge is 0.337 e. The molecule has 2 rings (SSSR count). The molecule has 1 heterocycles. The SMILES string of the molecule is CCN(CC)CCNC(=O)N1CCCC(S(=O)(=O)c2ccccc2)CC1. The molecule has 2 amide bonds. The van der Waals surface area contributed by atoms with E-state index < -0.39 is 15.1 Å². The van der Waals surface area contributed by atoms with Crippen LogP contribution in [0.2, 0.25) is 0 Å². The molecule has 1 aromatic rings. The van der Waals surface area contributed by atoms with Gasteiger partial charge in [0.25, 0.3) is 0 Å². The van der Waals surface area contributed by atoms with Crippen molar-refractivity contribution in [3.8, 4) is 0 Å². The molecule has 1 N–H and O–H groups in total. The molecule has 6 nitrogen and oxygen atoms in total. The highest BCUT2D eigenvalue weighted by Gasteiger charge is 2.30. The van der Waals surface area contributed by atoms with Crippen LogP contribution in [0.5, 0.6) is 0 Å². The van der Waals surface area contributed by atoms with Crippen LogP contribution in [0.4, 0.5) is 4.79 Å². The van der Waals surface area contributed by atoms with Crippen LogP contribution in [-0.2, 0) is 9.84 Å². The Balaban J connectivity index is 1.88. The fraction of sp³-hybridized carbons (Fsp3) is 0.632. The summed E-state index contributed by atoms with van der Waals surface area (Å²) in [4.78, 5) is 16.8. The molecule has 0 spiro atoms. The molecule has 1 aliphatic heterocycles. The number of carbonyl (C=O) groups is 1. The number of urea groups is 1. The smallest absolute Gasteiger partial charge is 0.317 e. The van der Waals surface area contributed by atoms with Crippen LogP contribution in [0.15, 0.2) is 35.2 Å². The van der Waals surface area contributed by atoms with E-state index in [1.165, 1.54) is 0 Å². The predicted molar refractivity (Wildman–Crippen MR) is 104 cm³/mol. The highest BCUT2D eigenvalue weighted by atomic mass is 32.2. The van der Waals surface area contributed by atoms with Crippen LogP contribution in [0, 0.1) is 0 Å². The van der Waals surface area contributed by atoms with Gasteiger partial charge in [0.1, 0.15) is 0 Å². The van der Waals surface area contributed by atoms with Crippen molar-refractivity contribution in [2.75, 3.05) is 39.3 Å². The van der Waals surface area contributed by atoms with Gasteiger partial charge in [-0.05, 0) is 44.5 Å². The number of sulfone groups is 1. The van der Waals surface area contributed by atoms with Crippen LogP contribution in [0.1, 0.15) is 33.1 Å². The number of hydrogen-bond donors (Lipinski definition) is 1. The number of carbonyl (C=O) groups excluding carboxylic acids is 1. The summed E-state index contributed by atoms with van der Waals surface area (Å²) in [5.74, 6) is 0. The van der Waals surface area contributed by atoms with Gasteiger partial charge in [0.15, 0.2) is 9.84 Å². The number of likely N-dealkylation sites (tertiary alicyclic amines) is 1. The van der Waals surface area contributed by atoms with Gasteiger partial charge in [0, 0.05) is 26.2 Å². The van der Waals surface area contributed by atoms with Gasteiger partial charge in [0.05, 0.1) is 10.1 Å². The molecule has 0 bridgehead atoms. The molecular weight excluding hydrogens is 350 g/mol. The summed E-state index contributed by atoms with van der Waals surface area (Å²) in [5.41, 5.74) is 0. The first-order chi connectivity index (χ1) is 12.5. The first kappa shape index (κ1) is 20.7. The minimum atomic E-state index is -3.33. The molecule has 1 unspecified atom stereocenters. The Morgan fingerprint density at radius 2 is 1.85 bits per heavy atom. The van der Waals surface area contributed by atoms with Crippen molar-refractivity contribution in [1.29, 1.82) is 0 Å². The Morgan fingerprint density at radius 3 is 2.50 bits per heavy atom. The summed E-state index contributed by atoms with van der Waals surface area (Å²) in [7, 11) is -3.33. The van der Waals surface area contributed by atoms with E-state index in [-0.39, 0.29) is 6.03 Å². The number of nitrogens with one attached hydrogen (secondary N) is 1. The lowest BCUT2D eigenvalue weighted by Gasteiger charge is -2.23. The maximum atomic E-state index is 12.8. The normalized spacial score (nSPS) is 18.6. The molecule has 26 heavy (non-hydrogen) atoms. The molecule has 1 aliphatic rings. The highest BCUT2D eigenvalue weighted by Crippen LogP contribution is 2.24. The number of rotatable bonds is 7. The van der Waals surface area contributed by atoms with Crippen LogP contribution in [-0.4, -0.2) is 68.8 Å². The van der Waals surface area contributed by atoms with Crippen molar-refractivity contribution in [1.82, 2.24) is 15.1 Å². The molecule has 1 fully saturated rings. The van der Waals surface area contributed by atoms with Gasteiger partial charge in [-0.25, -0.2) is 13.2 Å². The van der Waals surface area contributed by atoms with Crippen LogP contribution < -0.4 is 5.32 Å². The van der Waals surface area contributed by atoms with Crippen molar-refractivity contribution in [2.45, 2.75) is 43.3 Å². The molecule has 0 radical (unpaired) electrons. The van der Waals surface area contributed by atoms with E-state index in [1.807, 2.05) is 6.07 Å². The lowest BCUT2D eigenvalue weighted by molar-refractivity contribution is 0.197. The minimum absolute atomic E-state index is 0.0880. The zero-order valence-electron chi connectivity index (χ0n) is 15.9. The van der Waals surface area contributed by atoms with E-state index in [2.05, 4.69) is 24.1 Å². The second-order valence-corrected chi connectivity index (χ2v) is 8.88. The van der Waals surface area contributed by atoms with Crippen molar-refractivity contribution in [3.63, 3.8) is 0 Å². The van der Waals surface area contributed by atoms with E-state index in [1.54, 1.807) is 29.2 Å². The van der Waals surface area contributed by atoms with E-state index in [4.69, 9.17) is 0 Å². The summed E-state index contributed by atoms with van der Waals surface area (Å²) in [6, 6.07) is 8.53. The summed E-state index contributed by atoms with van der Waals surface area (Å²) in [6.45, 7) is 8.68. The summed E-state index contributed by atoms with van der Waals surface area (Å²) < 4.78 is 25.6. The summed E-state index contributed by atoms with van der Waals surface area (Å²) >= 11 is 0. The minimum Gasteiger partial charge on any atom is -0.337 e. The van der Waals surface area contributed by atoms with E-state index in [9.17, 15) is 13.2 Å². The number of hydrogen-bond acceptors (Lipinski definition) is 4. The van der Waals surface area contributed by atoms with Gasteiger partial charge in [-0.3, -0.25) is 0 Å². The van der Waals surface area contributed by atoms with Gasteiger partial charge in [-0.2, -0.15) is 0 Å².